The monoisotopic (exact) mass is 337 g/mol. The second-order valence-electron chi connectivity index (χ2n) is 5.31. The number of hydrogen-bond donors (Lipinski definition) is 0. The summed E-state index contributed by atoms with van der Waals surface area (Å²) < 4.78 is 15.1. The molecule has 0 bridgehead atoms. The highest BCUT2D eigenvalue weighted by Crippen LogP contribution is 2.13. The molecule has 0 spiro atoms. The van der Waals surface area contributed by atoms with Crippen molar-refractivity contribution in [3.05, 3.63) is 29.8 Å². The van der Waals surface area contributed by atoms with Crippen molar-refractivity contribution in [2.75, 3.05) is 40.5 Å². The maximum atomic E-state index is 12.5. The van der Waals surface area contributed by atoms with Crippen molar-refractivity contribution >= 4 is 11.9 Å². The average molecular weight is 337 g/mol. The third-order valence-corrected chi connectivity index (χ3v) is 3.53. The zero-order valence-corrected chi connectivity index (χ0v) is 14.7. The van der Waals surface area contributed by atoms with Crippen LogP contribution in [0.1, 0.15) is 25.3 Å². The summed E-state index contributed by atoms with van der Waals surface area (Å²) in [6.45, 7) is 3.61. The van der Waals surface area contributed by atoms with E-state index in [1.165, 1.54) is 0 Å². The van der Waals surface area contributed by atoms with Crippen LogP contribution in [0.5, 0.6) is 5.75 Å². The number of amides is 1. The summed E-state index contributed by atoms with van der Waals surface area (Å²) in [5.41, 5.74) is 0.911. The fraction of sp³-hybridized carbons (Fsp3) is 0.556. The lowest BCUT2D eigenvalue weighted by molar-refractivity contribution is -0.144. The lowest BCUT2D eigenvalue weighted by Crippen LogP contribution is -2.35. The predicted octanol–water partition coefficient (Wildman–Crippen LogP) is 2.06. The molecule has 0 fully saturated rings. The van der Waals surface area contributed by atoms with Gasteiger partial charge in [0.05, 0.1) is 26.6 Å². The largest absolute Gasteiger partial charge is 0.497 e. The van der Waals surface area contributed by atoms with Crippen molar-refractivity contribution in [1.29, 1.82) is 0 Å². The molecule has 0 aliphatic heterocycles. The molecule has 0 aliphatic carbocycles. The Morgan fingerprint density at radius 2 is 1.79 bits per heavy atom. The van der Waals surface area contributed by atoms with Crippen LogP contribution in [0.15, 0.2) is 24.3 Å². The molecule has 0 aromatic heterocycles. The topological polar surface area (TPSA) is 65.1 Å². The van der Waals surface area contributed by atoms with Crippen LogP contribution in [0.3, 0.4) is 0 Å². The van der Waals surface area contributed by atoms with Gasteiger partial charge >= 0.3 is 5.97 Å². The van der Waals surface area contributed by atoms with E-state index in [0.717, 1.165) is 17.7 Å². The Balaban J connectivity index is 2.61. The van der Waals surface area contributed by atoms with Crippen LogP contribution >= 0.6 is 0 Å². The molecule has 1 aromatic rings. The molecule has 6 nitrogen and oxygen atoms in total. The van der Waals surface area contributed by atoms with Crippen molar-refractivity contribution in [3.63, 3.8) is 0 Å². The first-order valence-electron chi connectivity index (χ1n) is 8.16. The maximum Gasteiger partial charge on any atom is 0.307 e. The van der Waals surface area contributed by atoms with Gasteiger partial charge in [0.2, 0.25) is 5.91 Å². The Kier molecular flexibility index (Phi) is 9.53. The lowest BCUT2D eigenvalue weighted by Gasteiger charge is -2.22. The Morgan fingerprint density at radius 1 is 1.08 bits per heavy atom. The first-order chi connectivity index (χ1) is 11.6. The second kappa shape index (κ2) is 11.5. The molecular formula is C18H27NO5. The fourth-order valence-corrected chi connectivity index (χ4v) is 2.25. The van der Waals surface area contributed by atoms with E-state index in [1.807, 2.05) is 24.3 Å². The van der Waals surface area contributed by atoms with Gasteiger partial charge in [-0.25, -0.2) is 0 Å². The van der Waals surface area contributed by atoms with Crippen LogP contribution in [0.2, 0.25) is 0 Å². The number of rotatable bonds is 11. The van der Waals surface area contributed by atoms with Gasteiger partial charge in [-0.15, -0.1) is 0 Å². The molecule has 0 heterocycles. The number of ether oxygens (including phenoxy) is 3. The average Bonchev–Trinajstić information content (AvgIpc) is 2.58. The first kappa shape index (κ1) is 20.0. The van der Waals surface area contributed by atoms with Crippen LogP contribution < -0.4 is 4.74 Å². The molecule has 0 N–H and O–H groups in total. The van der Waals surface area contributed by atoms with E-state index in [2.05, 4.69) is 0 Å². The van der Waals surface area contributed by atoms with Crippen LogP contribution in [0.25, 0.3) is 0 Å². The molecule has 1 amide bonds. The highest BCUT2D eigenvalue weighted by Gasteiger charge is 2.16. The van der Waals surface area contributed by atoms with Gasteiger partial charge in [0.1, 0.15) is 5.75 Å². The summed E-state index contributed by atoms with van der Waals surface area (Å²) >= 11 is 0. The number of carbonyl (C=O) groups excluding carboxylic acids is 2. The van der Waals surface area contributed by atoms with Gasteiger partial charge in [-0.05, 0) is 31.0 Å². The van der Waals surface area contributed by atoms with Crippen molar-refractivity contribution in [2.24, 2.45) is 0 Å². The van der Waals surface area contributed by atoms with Gasteiger partial charge in [-0.1, -0.05) is 12.1 Å². The third kappa shape index (κ3) is 7.46. The zero-order valence-electron chi connectivity index (χ0n) is 14.7. The molecule has 0 atom stereocenters. The zero-order chi connectivity index (χ0) is 17.8. The standard InChI is InChI=1S/C18H27NO5/c1-4-24-18(21)10-12-19(11-5-13-22-2)17(20)14-15-6-8-16(23-3)9-7-15/h6-9H,4-5,10-14H2,1-3H3. The number of methoxy groups -OCH3 is 2. The number of carbonyl (C=O) groups is 2. The van der Waals surface area contributed by atoms with Crippen molar-refractivity contribution in [2.45, 2.75) is 26.2 Å². The fourth-order valence-electron chi connectivity index (χ4n) is 2.25. The minimum atomic E-state index is -0.286. The van der Waals surface area contributed by atoms with Crippen LogP contribution in [0, 0.1) is 0 Å². The molecule has 0 unspecified atom stereocenters. The summed E-state index contributed by atoms with van der Waals surface area (Å²) in [7, 11) is 3.23. The highest BCUT2D eigenvalue weighted by molar-refractivity contribution is 5.79. The van der Waals surface area contributed by atoms with Crippen LogP contribution in [0.4, 0.5) is 0 Å². The number of esters is 1. The molecule has 24 heavy (non-hydrogen) atoms. The van der Waals surface area contributed by atoms with E-state index in [4.69, 9.17) is 14.2 Å². The summed E-state index contributed by atoms with van der Waals surface area (Å²) in [5, 5.41) is 0. The summed E-state index contributed by atoms with van der Waals surface area (Å²) in [6.07, 6.45) is 1.22. The molecular weight excluding hydrogens is 310 g/mol. The third-order valence-electron chi connectivity index (χ3n) is 3.53. The Morgan fingerprint density at radius 3 is 2.38 bits per heavy atom. The van der Waals surface area contributed by atoms with Gasteiger partial charge in [0.25, 0.3) is 0 Å². The summed E-state index contributed by atoms with van der Waals surface area (Å²) in [6, 6.07) is 7.40. The van der Waals surface area contributed by atoms with E-state index in [9.17, 15) is 9.59 Å². The van der Waals surface area contributed by atoms with Crippen LogP contribution in [-0.2, 0) is 25.5 Å². The molecule has 0 radical (unpaired) electrons. The minimum Gasteiger partial charge on any atom is -0.497 e. The molecule has 1 rings (SSSR count). The van der Waals surface area contributed by atoms with E-state index in [-0.39, 0.29) is 18.3 Å². The number of hydrogen-bond acceptors (Lipinski definition) is 5. The highest BCUT2D eigenvalue weighted by atomic mass is 16.5. The van der Waals surface area contributed by atoms with Crippen molar-refractivity contribution in [1.82, 2.24) is 4.90 Å². The molecule has 0 aliphatic rings. The number of benzene rings is 1. The smallest absolute Gasteiger partial charge is 0.307 e. The second-order valence-corrected chi connectivity index (χ2v) is 5.31. The Labute approximate surface area is 143 Å². The molecule has 0 saturated carbocycles. The summed E-state index contributed by atoms with van der Waals surface area (Å²) in [4.78, 5) is 25.8. The van der Waals surface area contributed by atoms with Crippen molar-refractivity contribution in [3.8, 4) is 5.75 Å². The summed E-state index contributed by atoms with van der Waals surface area (Å²) in [5.74, 6) is 0.456. The molecule has 0 saturated heterocycles. The SMILES string of the molecule is CCOC(=O)CCN(CCCOC)C(=O)Cc1ccc(OC)cc1. The van der Waals surface area contributed by atoms with E-state index < -0.39 is 0 Å². The molecule has 1 aromatic carbocycles. The number of nitrogens with zero attached hydrogens (tertiary/aromatic N) is 1. The van der Waals surface area contributed by atoms with E-state index in [0.29, 0.717) is 32.7 Å². The normalized spacial score (nSPS) is 10.3. The van der Waals surface area contributed by atoms with Gasteiger partial charge < -0.3 is 19.1 Å². The van der Waals surface area contributed by atoms with Gasteiger partial charge in [0, 0.05) is 26.8 Å². The van der Waals surface area contributed by atoms with Gasteiger partial charge in [0.15, 0.2) is 0 Å². The van der Waals surface area contributed by atoms with Gasteiger partial charge in [-0.3, -0.25) is 9.59 Å². The minimum absolute atomic E-state index is 0.0134. The van der Waals surface area contributed by atoms with E-state index in [1.54, 1.807) is 26.0 Å². The van der Waals surface area contributed by atoms with Gasteiger partial charge in [-0.2, -0.15) is 0 Å². The molecule has 6 heteroatoms. The Bertz CT molecular complexity index is 501. The Hall–Kier alpha value is -2.08. The maximum absolute atomic E-state index is 12.5. The van der Waals surface area contributed by atoms with E-state index >= 15 is 0 Å². The predicted molar refractivity (Wildman–Crippen MR) is 91.0 cm³/mol. The molecule has 134 valence electrons. The van der Waals surface area contributed by atoms with Crippen LogP contribution in [-0.4, -0.2) is 57.3 Å². The van der Waals surface area contributed by atoms with Crippen molar-refractivity contribution < 1.29 is 23.8 Å². The first-order valence-corrected chi connectivity index (χ1v) is 8.16. The quantitative estimate of drug-likeness (QED) is 0.457. The lowest BCUT2D eigenvalue weighted by atomic mass is 10.1.